The number of nitrogens with one attached hydrogen (secondary N) is 1. The van der Waals surface area contributed by atoms with Gasteiger partial charge in [-0.3, -0.25) is 4.79 Å². The van der Waals surface area contributed by atoms with Gasteiger partial charge in [0.25, 0.3) is 0 Å². The van der Waals surface area contributed by atoms with Gasteiger partial charge in [-0.05, 0) is 43.2 Å². The lowest BCUT2D eigenvalue weighted by molar-refractivity contribution is -0.115. The third-order valence-electron chi connectivity index (χ3n) is 4.99. The molecule has 0 radical (unpaired) electrons. The van der Waals surface area contributed by atoms with E-state index in [0.717, 1.165) is 21.5 Å². The van der Waals surface area contributed by atoms with E-state index in [2.05, 4.69) is 15.4 Å². The lowest BCUT2D eigenvalue weighted by Gasteiger charge is -2.07. The summed E-state index contributed by atoms with van der Waals surface area (Å²) in [5.41, 5.74) is 3.26. The monoisotopic (exact) mass is 488 g/mol. The average molecular weight is 489 g/mol. The lowest BCUT2D eigenvalue weighted by atomic mass is 10.1. The van der Waals surface area contributed by atoms with Crippen LogP contribution in [0.25, 0.3) is 15.3 Å². The number of carbonyl (C=O) groups excluding carboxylic acids is 1. The summed E-state index contributed by atoms with van der Waals surface area (Å²) < 4.78 is 26.4. The average Bonchev–Trinajstić information content (AvgIpc) is 3.35. The van der Waals surface area contributed by atoms with Gasteiger partial charge in [0.05, 0.1) is 38.0 Å². The highest BCUT2D eigenvalue weighted by atomic mass is 35.5. The molecule has 1 amide bonds. The fraction of sp³-hybridized carbons (Fsp3) is 0.227. The normalized spacial score (nSPS) is 11.8. The Morgan fingerprint density at radius 2 is 1.88 bits per heavy atom. The molecular weight excluding hydrogens is 468 g/mol. The molecule has 0 aliphatic carbocycles. The van der Waals surface area contributed by atoms with Crippen LogP contribution >= 0.6 is 22.9 Å². The Kier molecular flexibility index (Phi) is 6.07. The molecule has 0 unspecified atom stereocenters. The highest BCUT2D eigenvalue weighted by molar-refractivity contribution is 7.91. The molecule has 2 heterocycles. The number of thiazole rings is 1. The van der Waals surface area contributed by atoms with Crippen molar-refractivity contribution in [3.05, 3.63) is 64.3 Å². The number of aromatic nitrogens is 3. The molecule has 10 heteroatoms. The minimum Gasteiger partial charge on any atom is -0.310 e. The summed E-state index contributed by atoms with van der Waals surface area (Å²) in [7, 11) is -3.27. The van der Waals surface area contributed by atoms with Gasteiger partial charge in [-0.1, -0.05) is 48.1 Å². The number of rotatable bonds is 6. The Morgan fingerprint density at radius 3 is 2.53 bits per heavy atom. The number of amides is 1. The van der Waals surface area contributed by atoms with Crippen LogP contribution in [0.1, 0.15) is 23.7 Å². The maximum atomic E-state index is 12.7. The first kappa shape index (κ1) is 22.4. The van der Waals surface area contributed by atoms with Crippen LogP contribution in [0.5, 0.6) is 0 Å². The van der Waals surface area contributed by atoms with Gasteiger partial charge in [0, 0.05) is 6.07 Å². The Hall–Kier alpha value is -2.75. The summed E-state index contributed by atoms with van der Waals surface area (Å²) in [4.78, 5) is 17.6. The van der Waals surface area contributed by atoms with Gasteiger partial charge in [0.15, 0.2) is 9.84 Å². The van der Waals surface area contributed by atoms with E-state index in [-0.39, 0.29) is 23.0 Å². The van der Waals surface area contributed by atoms with E-state index in [9.17, 15) is 13.2 Å². The van der Waals surface area contributed by atoms with Crippen LogP contribution in [-0.2, 0) is 21.1 Å². The number of fused-ring (bicyclic) bond motifs is 1. The number of anilines is 1. The predicted molar refractivity (Wildman–Crippen MR) is 128 cm³/mol. The molecule has 0 atom stereocenters. The molecular formula is C22H21ClN4O3S2. The van der Waals surface area contributed by atoms with Crippen molar-refractivity contribution >= 4 is 54.7 Å². The molecule has 0 fully saturated rings. The molecule has 0 aliphatic heterocycles. The molecule has 32 heavy (non-hydrogen) atoms. The van der Waals surface area contributed by atoms with Crippen LogP contribution in [0.3, 0.4) is 0 Å². The van der Waals surface area contributed by atoms with Crippen LogP contribution in [-0.4, -0.2) is 34.8 Å². The van der Waals surface area contributed by atoms with Gasteiger partial charge in [0.1, 0.15) is 5.82 Å². The molecule has 166 valence electrons. The van der Waals surface area contributed by atoms with E-state index in [4.69, 9.17) is 11.6 Å². The van der Waals surface area contributed by atoms with E-state index in [1.807, 2.05) is 26.0 Å². The molecule has 0 saturated heterocycles. The minimum absolute atomic E-state index is 0.0344. The van der Waals surface area contributed by atoms with Crippen molar-refractivity contribution in [2.75, 3.05) is 11.1 Å². The number of halogens is 1. The smallest absolute Gasteiger partial charge is 0.229 e. The molecule has 2 aromatic heterocycles. The zero-order valence-corrected chi connectivity index (χ0v) is 20.1. The minimum atomic E-state index is -3.27. The Bertz CT molecular complexity index is 1380. The van der Waals surface area contributed by atoms with Gasteiger partial charge < -0.3 is 5.32 Å². The summed E-state index contributed by atoms with van der Waals surface area (Å²) >= 11 is 7.74. The fourth-order valence-electron chi connectivity index (χ4n) is 3.27. The van der Waals surface area contributed by atoms with E-state index in [0.29, 0.717) is 21.5 Å². The Balaban J connectivity index is 1.57. The molecule has 2 aromatic carbocycles. The Labute approximate surface area is 195 Å². The van der Waals surface area contributed by atoms with Crippen LogP contribution < -0.4 is 5.32 Å². The van der Waals surface area contributed by atoms with Crippen molar-refractivity contribution in [1.82, 2.24) is 14.8 Å². The number of hydrogen-bond donors (Lipinski definition) is 1. The summed E-state index contributed by atoms with van der Waals surface area (Å²) in [5.74, 6) is 0.297. The zero-order chi connectivity index (χ0) is 23.0. The van der Waals surface area contributed by atoms with E-state index < -0.39 is 9.84 Å². The van der Waals surface area contributed by atoms with Gasteiger partial charge in [-0.2, -0.15) is 9.78 Å². The van der Waals surface area contributed by atoms with E-state index in [1.54, 1.807) is 29.8 Å². The number of aryl methyl sites for hydroxylation is 2. The molecule has 4 rings (SSSR count). The fourth-order valence-corrected chi connectivity index (χ4v) is 5.44. The van der Waals surface area contributed by atoms with E-state index in [1.165, 1.54) is 23.5 Å². The van der Waals surface area contributed by atoms with Crippen LogP contribution in [0.2, 0.25) is 5.02 Å². The molecule has 0 saturated carbocycles. The lowest BCUT2D eigenvalue weighted by Crippen LogP contribution is -2.17. The number of sulfone groups is 1. The molecule has 4 aromatic rings. The van der Waals surface area contributed by atoms with Gasteiger partial charge >= 0.3 is 0 Å². The van der Waals surface area contributed by atoms with Crippen LogP contribution in [0, 0.1) is 13.8 Å². The molecule has 0 spiro atoms. The third-order valence-corrected chi connectivity index (χ3v) is 8.24. The molecule has 0 bridgehead atoms. The largest absolute Gasteiger partial charge is 0.310 e. The maximum absolute atomic E-state index is 12.7. The van der Waals surface area contributed by atoms with Crippen LogP contribution in [0.15, 0.2) is 47.4 Å². The highest BCUT2D eigenvalue weighted by Gasteiger charge is 2.17. The molecule has 7 nitrogen and oxygen atoms in total. The molecule has 0 aliphatic rings. The second-order valence-corrected chi connectivity index (χ2v) is 11.1. The first-order chi connectivity index (χ1) is 15.2. The van der Waals surface area contributed by atoms with Crippen molar-refractivity contribution in [3.8, 4) is 5.13 Å². The first-order valence-corrected chi connectivity index (χ1v) is 12.8. The SMILES string of the molecule is CCS(=O)(=O)c1ccc(CC(=O)Nc2cc(C)nn2-c2nc3c(C)ccc(Cl)c3s2)cc1. The molecule has 1 N–H and O–H groups in total. The number of benzene rings is 2. The van der Waals surface area contributed by atoms with Crippen molar-refractivity contribution in [2.45, 2.75) is 32.1 Å². The summed E-state index contributed by atoms with van der Waals surface area (Å²) in [6.45, 7) is 5.41. The number of hydrogen-bond acceptors (Lipinski definition) is 6. The Morgan fingerprint density at radius 1 is 1.16 bits per heavy atom. The predicted octanol–water partition coefficient (Wildman–Crippen LogP) is 4.73. The quantitative estimate of drug-likeness (QED) is 0.423. The standard InChI is InChI=1S/C22H21ClN4O3S2/c1-4-32(29,30)16-8-6-15(7-9-16)12-19(28)24-18-11-14(3)26-27(18)22-25-20-13(2)5-10-17(23)21(20)31-22/h5-11H,4,12H2,1-3H3,(H,24,28). The zero-order valence-electron chi connectivity index (χ0n) is 17.7. The van der Waals surface area contributed by atoms with Crippen molar-refractivity contribution in [1.29, 1.82) is 0 Å². The number of carbonyl (C=O) groups is 1. The first-order valence-electron chi connectivity index (χ1n) is 9.92. The second kappa shape index (κ2) is 8.65. The van der Waals surface area contributed by atoms with Crippen molar-refractivity contribution in [3.63, 3.8) is 0 Å². The second-order valence-electron chi connectivity index (χ2n) is 7.39. The third kappa shape index (κ3) is 4.41. The summed E-state index contributed by atoms with van der Waals surface area (Å²) in [6.07, 6.45) is 0.0987. The van der Waals surface area contributed by atoms with E-state index >= 15 is 0 Å². The van der Waals surface area contributed by atoms with Crippen molar-refractivity contribution < 1.29 is 13.2 Å². The van der Waals surface area contributed by atoms with Gasteiger partial charge in [0.2, 0.25) is 11.0 Å². The number of nitrogens with zero attached hydrogens (tertiary/aromatic N) is 3. The maximum Gasteiger partial charge on any atom is 0.229 e. The topological polar surface area (TPSA) is 94.0 Å². The summed E-state index contributed by atoms with van der Waals surface area (Å²) in [6, 6.07) is 11.9. The highest BCUT2D eigenvalue weighted by Crippen LogP contribution is 2.34. The summed E-state index contributed by atoms with van der Waals surface area (Å²) in [5, 5.41) is 8.60. The van der Waals surface area contributed by atoms with Crippen molar-refractivity contribution in [2.24, 2.45) is 0 Å². The van der Waals surface area contributed by atoms with Gasteiger partial charge in [-0.15, -0.1) is 0 Å². The van der Waals surface area contributed by atoms with Crippen LogP contribution in [0.4, 0.5) is 5.82 Å². The van der Waals surface area contributed by atoms with Gasteiger partial charge in [-0.25, -0.2) is 13.4 Å².